The van der Waals surface area contributed by atoms with E-state index in [4.69, 9.17) is 32.7 Å². The van der Waals surface area contributed by atoms with E-state index in [0.29, 0.717) is 16.4 Å². The van der Waals surface area contributed by atoms with Crippen molar-refractivity contribution < 1.29 is 24.2 Å². The third kappa shape index (κ3) is 3.97. The quantitative estimate of drug-likeness (QED) is 0.290. The maximum atomic E-state index is 13.3. The molecule has 0 spiro atoms. The fourth-order valence-corrected chi connectivity index (χ4v) is 4.33. The minimum atomic E-state index is -1.01. The summed E-state index contributed by atoms with van der Waals surface area (Å²) in [5.74, 6) is -1.67. The SMILES string of the molecule is COc1cc(/C(O)=C2\C(=O)C(=O)N(c3cc(Cl)ccc3C)C2c2ccccn2)c(OC)cc1Cl. The van der Waals surface area contributed by atoms with Crippen molar-refractivity contribution in [2.24, 2.45) is 0 Å². The van der Waals surface area contributed by atoms with E-state index in [2.05, 4.69) is 4.98 Å². The van der Waals surface area contributed by atoms with Gasteiger partial charge in [0, 0.05) is 23.0 Å². The zero-order valence-electron chi connectivity index (χ0n) is 18.5. The van der Waals surface area contributed by atoms with Gasteiger partial charge in [0.1, 0.15) is 23.3 Å². The summed E-state index contributed by atoms with van der Waals surface area (Å²) in [5.41, 5.74) is 1.54. The summed E-state index contributed by atoms with van der Waals surface area (Å²) in [6, 6.07) is 12.1. The van der Waals surface area contributed by atoms with Crippen LogP contribution in [0.4, 0.5) is 5.69 Å². The van der Waals surface area contributed by atoms with Gasteiger partial charge in [0.15, 0.2) is 0 Å². The summed E-state index contributed by atoms with van der Waals surface area (Å²) >= 11 is 12.4. The van der Waals surface area contributed by atoms with Crippen LogP contribution in [0.15, 0.2) is 60.3 Å². The van der Waals surface area contributed by atoms with Crippen LogP contribution in [0.2, 0.25) is 10.0 Å². The first kappa shape index (κ1) is 23.6. The number of hydrogen-bond donors (Lipinski definition) is 1. The van der Waals surface area contributed by atoms with E-state index >= 15 is 0 Å². The molecule has 0 radical (unpaired) electrons. The minimum Gasteiger partial charge on any atom is -0.507 e. The first-order chi connectivity index (χ1) is 16.3. The van der Waals surface area contributed by atoms with Crippen LogP contribution in [0.25, 0.3) is 5.76 Å². The van der Waals surface area contributed by atoms with Gasteiger partial charge < -0.3 is 14.6 Å². The maximum Gasteiger partial charge on any atom is 0.300 e. The number of aliphatic hydroxyl groups excluding tert-OH is 1. The monoisotopic (exact) mass is 498 g/mol. The second kappa shape index (κ2) is 9.37. The normalized spacial score (nSPS) is 17.2. The molecular formula is C25H20Cl2N2O5. The maximum absolute atomic E-state index is 13.3. The Morgan fingerprint density at radius 2 is 1.76 bits per heavy atom. The van der Waals surface area contributed by atoms with Crippen molar-refractivity contribution in [2.75, 3.05) is 19.1 Å². The number of carbonyl (C=O) groups is 2. The fourth-order valence-electron chi connectivity index (χ4n) is 3.93. The van der Waals surface area contributed by atoms with Gasteiger partial charge in [-0.25, -0.2) is 0 Å². The molecule has 1 atom stereocenters. The van der Waals surface area contributed by atoms with Crippen LogP contribution >= 0.6 is 23.2 Å². The molecule has 0 aliphatic carbocycles. The predicted molar refractivity (Wildman–Crippen MR) is 130 cm³/mol. The Hall–Kier alpha value is -3.55. The lowest BCUT2D eigenvalue weighted by molar-refractivity contribution is -0.132. The number of benzene rings is 2. The minimum absolute atomic E-state index is 0.144. The molecule has 4 rings (SSSR count). The molecule has 0 saturated carbocycles. The van der Waals surface area contributed by atoms with Crippen molar-refractivity contribution in [1.82, 2.24) is 4.98 Å². The summed E-state index contributed by atoms with van der Waals surface area (Å²) in [6.45, 7) is 1.80. The van der Waals surface area contributed by atoms with Crippen molar-refractivity contribution in [2.45, 2.75) is 13.0 Å². The van der Waals surface area contributed by atoms with Gasteiger partial charge in [-0.1, -0.05) is 35.3 Å². The van der Waals surface area contributed by atoms with E-state index in [0.717, 1.165) is 5.56 Å². The molecule has 0 bridgehead atoms. The third-order valence-corrected chi connectivity index (χ3v) is 6.10. The lowest BCUT2D eigenvalue weighted by atomic mass is 9.97. The van der Waals surface area contributed by atoms with Gasteiger partial charge in [-0.05, 0) is 42.8 Å². The molecule has 3 aromatic rings. The van der Waals surface area contributed by atoms with E-state index in [1.807, 2.05) is 0 Å². The number of anilines is 1. The van der Waals surface area contributed by atoms with Gasteiger partial charge in [0.25, 0.3) is 11.7 Å². The van der Waals surface area contributed by atoms with Gasteiger partial charge in [0.05, 0.1) is 36.1 Å². The number of ether oxygens (including phenoxy) is 2. The number of aliphatic hydroxyl groups is 1. The topological polar surface area (TPSA) is 89.0 Å². The molecule has 1 amide bonds. The van der Waals surface area contributed by atoms with Crippen molar-refractivity contribution in [3.63, 3.8) is 0 Å². The number of ketones is 1. The van der Waals surface area contributed by atoms with Crippen LogP contribution in [0.5, 0.6) is 11.5 Å². The molecule has 1 unspecified atom stereocenters. The highest BCUT2D eigenvalue weighted by atomic mass is 35.5. The molecule has 2 aromatic carbocycles. The largest absolute Gasteiger partial charge is 0.507 e. The third-order valence-electron chi connectivity index (χ3n) is 5.57. The van der Waals surface area contributed by atoms with Gasteiger partial charge in [-0.15, -0.1) is 0 Å². The highest BCUT2D eigenvalue weighted by molar-refractivity contribution is 6.52. The Kier molecular flexibility index (Phi) is 6.50. The fraction of sp³-hybridized carbons (Fsp3) is 0.160. The average molecular weight is 499 g/mol. The molecule has 1 N–H and O–H groups in total. The Morgan fingerprint density at radius 1 is 1.03 bits per heavy atom. The molecule has 9 heteroatoms. The zero-order chi connectivity index (χ0) is 24.6. The number of amides is 1. The number of hydrogen-bond acceptors (Lipinski definition) is 6. The molecule has 1 aliphatic heterocycles. The number of halogens is 2. The van der Waals surface area contributed by atoms with Gasteiger partial charge >= 0.3 is 0 Å². The lowest BCUT2D eigenvalue weighted by Crippen LogP contribution is -2.30. The number of carbonyl (C=O) groups excluding carboxylic acids is 2. The Labute approximate surface area is 206 Å². The summed E-state index contributed by atoms with van der Waals surface area (Å²) in [7, 11) is 2.82. The predicted octanol–water partition coefficient (Wildman–Crippen LogP) is 5.34. The highest BCUT2D eigenvalue weighted by Gasteiger charge is 2.48. The molecule has 1 saturated heterocycles. The molecular weight excluding hydrogens is 479 g/mol. The van der Waals surface area contributed by atoms with Crippen molar-refractivity contribution in [3.05, 3.63) is 87.2 Å². The molecule has 174 valence electrons. The number of methoxy groups -OCH3 is 2. The number of rotatable bonds is 5. The van der Waals surface area contributed by atoms with Crippen LogP contribution in [-0.4, -0.2) is 36.0 Å². The first-order valence-corrected chi connectivity index (χ1v) is 10.9. The Balaban J connectivity index is 2.02. The van der Waals surface area contributed by atoms with Crippen LogP contribution in [0.3, 0.4) is 0 Å². The standard InChI is InChI=1S/C25H20Cl2N2O5/c1-13-7-8-14(26)10-18(13)29-22(17-6-4-5-9-28-17)21(24(31)25(29)32)23(30)15-11-20(34-3)16(27)12-19(15)33-2/h4-12,22,30H,1-3H3/b23-21+. The van der Waals surface area contributed by atoms with Crippen molar-refractivity contribution in [1.29, 1.82) is 0 Å². The molecule has 2 heterocycles. The second-order valence-electron chi connectivity index (χ2n) is 7.54. The van der Waals surface area contributed by atoms with E-state index in [1.54, 1.807) is 49.5 Å². The van der Waals surface area contributed by atoms with E-state index < -0.39 is 23.5 Å². The van der Waals surface area contributed by atoms with Crippen molar-refractivity contribution in [3.8, 4) is 11.5 Å². The average Bonchev–Trinajstić information content (AvgIpc) is 3.10. The van der Waals surface area contributed by atoms with Crippen LogP contribution < -0.4 is 14.4 Å². The smallest absolute Gasteiger partial charge is 0.300 e. The highest BCUT2D eigenvalue weighted by Crippen LogP contribution is 2.45. The van der Waals surface area contributed by atoms with Gasteiger partial charge in [0.2, 0.25) is 0 Å². The number of aryl methyl sites for hydroxylation is 1. The molecule has 7 nitrogen and oxygen atoms in total. The summed E-state index contributed by atoms with van der Waals surface area (Å²) in [6.07, 6.45) is 1.55. The van der Waals surface area contributed by atoms with E-state index in [9.17, 15) is 14.7 Å². The van der Waals surface area contributed by atoms with Crippen LogP contribution in [-0.2, 0) is 9.59 Å². The molecule has 1 aromatic heterocycles. The van der Waals surface area contributed by atoms with E-state index in [-0.39, 0.29) is 27.7 Å². The number of nitrogens with zero attached hydrogens (tertiary/aromatic N) is 2. The molecule has 34 heavy (non-hydrogen) atoms. The summed E-state index contributed by atoms with van der Waals surface area (Å²) in [5, 5.41) is 12.1. The molecule has 1 aliphatic rings. The van der Waals surface area contributed by atoms with Crippen molar-refractivity contribution >= 4 is 46.3 Å². The summed E-state index contributed by atoms with van der Waals surface area (Å²) in [4.78, 5) is 32.3. The number of pyridine rings is 1. The van der Waals surface area contributed by atoms with Gasteiger partial charge in [-0.2, -0.15) is 0 Å². The Morgan fingerprint density at radius 3 is 2.41 bits per heavy atom. The number of aromatic nitrogens is 1. The van der Waals surface area contributed by atoms with Gasteiger partial charge in [-0.3, -0.25) is 19.5 Å². The van der Waals surface area contributed by atoms with E-state index in [1.165, 1.54) is 31.3 Å². The van der Waals surface area contributed by atoms with Crippen LogP contribution in [0.1, 0.15) is 22.9 Å². The van der Waals surface area contributed by atoms with Crippen LogP contribution in [0, 0.1) is 6.92 Å². The second-order valence-corrected chi connectivity index (χ2v) is 8.39. The first-order valence-electron chi connectivity index (χ1n) is 10.2. The Bertz CT molecular complexity index is 1320. The number of Topliss-reactive ketones (excluding diaryl/α,β-unsaturated/α-hetero) is 1. The zero-order valence-corrected chi connectivity index (χ0v) is 20.0. The lowest BCUT2D eigenvalue weighted by Gasteiger charge is -2.26. The summed E-state index contributed by atoms with van der Waals surface area (Å²) < 4.78 is 10.6. The molecule has 1 fully saturated rings.